The highest BCUT2D eigenvalue weighted by Gasteiger charge is 2.20. The van der Waals surface area contributed by atoms with E-state index in [0.717, 1.165) is 24.2 Å². The summed E-state index contributed by atoms with van der Waals surface area (Å²) in [5.74, 6) is 0.768. The average molecular weight is 319 g/mol. The minimum absolute atomic E-state index is 0.0449. The molecule has 0 aliphatic carbocycles. The molecule has 1 atom stereocenters. The second-order valence-electron chi connectivity index (χ2n) is 5.04. The van der Waals surface area contributed by atoms with Crippen LogP contribution in [0.3, 0.4) is 0 Å². The summed E-state index contributed by atoms with van der Waals surface area (Å²) in [6.07, 6.45) is 1.81. The first-order chi connectivity index (χ1) is 10.6. The van der Waals surface area contributed by atoms with Crippen LogP contribution in [0.4, 0.5) is 5.82 Å². The first kappa shape index (κ1) is 14.6. The van der Waals surface area contributed by atoms with Crippen molar-refractivity contribution in [3.8, 4) is 5.75 Å². The average Bonchev–Trinajstić information content (AvgIpc) is 2.70. The summed E-state index contributed by atoms with van der Waals surface area (Å²) >= 11 is 6.02. The molecule has 3 N–H and O–H groups in total. The highest BCUT2D eigenvalue weighted by atomic mass is 35.5. The fourth-order valence-corrected chi connectivity index (χ4v) is 2.58. The van der Waals surface area contributed by atoms with Crippen molar-refractivity contribution in [2.75, 3.05) is 11.9 Å². The number of carbonyl (C=O) groups is 1. The van der Waals surface area contributed by atoms with Gasteiger partial charge < -0.3 is 15.8 Å². The number of carbonyl (C=O) groups excluding carboxylic acids is 1. The van der Waals surface area contributed by atoms with Gasteiger partial charge in [0.25, 0.3) is 5.91 Å². The van der Waals surface area contributed by atoms with Crippen molar-refractivity contribution >= 4 is 23.3 Å². The van der Waals surface area contributed by atoms with Crippen LogP contribution in [0, 0.1) is 0 Å². The number of aromatic nitrogens is 2. The number of amides is 1. The van der Waals surface area contributed by atoms with E-state index in [-0.39, 0.29) is 11.7 Å². The molecule has 1 unspecified atom stereocenters. The van der Waals surface area contributed by atoms with Crippen molar-refractivity contribution in [3.63, 3.8) is 0 Å². The van der Waals surface area contributed by atoms with Crippen molar-refractivity contribution in [3.05, 3.63) is 46.6 Å². The minimum atomic E-state index is -0.595. The Kier molecular flexibility index (Phi) is 4.11. The maximum absolute atomic E-state index is 11.0. The molecule has 2 heterocycles. The molecule has 0 saturated carbocycles. The topological polar surface area (TPSA) is 90.1 Å². The summed E-state index contributed by atoms with van der Waals surface area (Å²) in [6, 6.07) is 8.89. The van der Waals surface area contributed by atoms with Gasteiger partial charge in [0, 0.05) is 10.6 Å². The number of benzene rings is 1. The van der Waals surface area contributed by atoms with Gasteiger partial charge in [-0.1, -0.05) is 17.7 Å². The Bertz CT molecular complexity index is 690. The summed E-state index contributed by atoms with van der Waals surface area (Å²) in [7, 11) is 0. The van der Waals surface area contributed by atoms with Gasteiger partial charge in [-0.05, 0) is 37.1 Å². The smallest absolute Gasteiger partial charge is 0.269 e. The van der Waals surface area contributed by atoms with Crippen LogP contribution in [0.25, 0.3) is 0 Å². The molecule has 1 amide bonds. The molecule has 22 heavy (non-hydrogen) atoms. The number of halogens is 1. The van der Waals surface area contributed by atoms with Gasteiger partial charge in [-0.2, -0.15) is 0 Å². The molecule has 1 aliphatic rings. The first-order valence-corrected chi connectivity index (χ1v) is 7.33. The first-order valence-electron chi connectivity index (χ1n) is 6.96. The molecule has 0 bridgehead atoms. The number of hydrogen-bond donors (Lipinski definition) is 2. The third kappa shape index (κ3) is 3.12. The zero-order valence-electron chi connectivity index (χ0n) is 11.8. The Morgan fingerprint density at radius 2 is 2.18 bits per heavy atom. The SMILES string of the molecule is NC(=O)c1ccc(NC2CCCOc3cc(Cl)ccc32)nn1. The van der Waals surface area contributed by atoms with Crippen LogP contribution in [0.2, 0.25) is 5.02 Å². The van der Waals surface area contributed by atoms with E-state index in [0.29, 0.717) is 17.4 Å². The molecule has 1 aromatic heterocycles. The lowest BCUT2D eigenvalue weighted by Gasteiger charge is -2.18. The number of primary amides is 1. The zero-order valence-corrected chi connectivity index (χ0v) is 12.5. The lowest BCUT2D eigenvalue weighted by Crippen LogP contribution is -2.16. The summed E-state index contributed by atoms with van der Waals surface area (Å²) in [5.41, 5.74) is 6.33. The predicted molar refractivity (Wildman–Crippen MR) is 83.1 cm³/mol. The summed E-state index contributed by atoms with van der Waals surface area (Å²) in [4.78, 5) is 11.0. The number of rotatable bonds is 3. The van der Waals surface area contributed by atoms with Gasteiger partial charge in [-0.15, -0.1) is 10.2 Å². The maximum Gasteiger partial charge on any atom is 0.269 e. The van der Waals surface area contributed by atoms with Crippen molar-refractivity contribution in [1.82, 2.24) is 10.2 Å². The van der Waals surface area contributed by atoms with Gasteiger partial charge in [0.15, 0.2) is 5.69 Å². The van der Waals surface area contributed by atoms with Crippen molar-refractivity contribution in [2.24, 2.45) is 5.73 Å². The van der Waals surface area contributed by atoms with E-state index in [9.17, 15) is 4.79 Å². The summed E-state index contributed by atoms with van der Waals surface area (Å²) < 4.78 is 5.73. The monoisotopic (exact) mass is 318 g/mol. The van der Waals surface area contributed by atoms with Crippen LogP contribution < -0.4 is 15.8 Å². The molecule has 7 heteroatoms. The predicted octanol–water partition coefficient (Wildman–Crippen LogP) is 2.55. The lowest BCUT2D eigenvalue weighted by atomic mass is 10.0. The largest absolute Gasteiger partial charge is 0.493 e. The molecule has 0 radical (unpaired) electrons. The zero-order chi connectivity index (χ0) is 15.5. The van der Waals surface area contributed by atoms with Gasteiger partial charge in [0.2, 0.25) is 0 Å². The Hall–Kier alpha value is -2.34. The standard InChI is InChI=1S/C15H15ClN4O2/c16-9-3-4-10-11(2-1-7-22-13(10)8-9)18-14-6-5-12(15(17)21)19-20-14/h3-6,8,11H,1-2,7H2,(H2,17,21)(H,18,20). The van der Waals surface area contributed by atoms with E-state index in [4.69, 9.17) is 22.1 Å². The summed E-state index contributed by atoms with van der Waals surface area (Å²) in [5, 5.41) is 11.7. The molecule has 1 aromatic carbocycles. The van der Waals surface area contributed by atoms with Crippen LogP contribution in [0.5, 0.6) is 5.75 Å². The van der Waals surface area contributed by atoms with Gasteiger partial charge in [-0.3, -0.25) is 4.79 Å². The number of ether oxygens (including phenoxy) is 1. The van der Waals surface area contributed by atoms with Crippen LogP contribution in [-0.2, 0) is 0 Å². The molecule has 2 aromatic rings. The van der Waals surface area contributed by atoms with E-state index in [1.165, 1.54) is 0 Å². The fraction of sp³-hybridized carbons (Fsp3) is 0.267. The van der Waals surface area contributed by atoms with E-state index in [2.05, 4.69) is 15.5 Å². The van der Waals surface area contributed by atoms with E-state index in [1.54, 1.807) is 12.1 Å². The number of nitrogens with two attached hydrogens (primary N) is 1. The van der Waals surface area contributed by atoms with E-state index in [1.807, 2.05) is 18.2 Å². The number of hydrogen-bond acceptors (Lipinski definition) is 5. The van der Waals surface area contributed by atoms with Crippen molar-refractivity contribution < 1.29 is 9.53 Å². The fourth-order valence-electron chi connectivity index (χ4n) is 2.42. The molecular weight excluding hydrogens is 304 g/mol. The maximum atomic E-state index is 11.0. The molecule has 114 valence electrons. The molecule has 0 fully saturated rings. The normalized spacial score (nSPS) is 17.0. The second kappa shape index (κ2) is 6.19. The molecular formula is C15H15ClN4O2. The highest BCUT2D eigenvalue weighted by Crippen LogP contribution is 2.35. The number of fused-ring (bicyclic) bond motifs is 1. The number of anilines is 1. The van der Waals surface area contributed by atoms with Gasteiger partial charge in [-0.25, -0.2) is 0 Å². The van der Waals surface area contributed by atoms with Crippen LogP contribution in [-0.4, -0.2) is 22.7 Å². The van der Waals surface area contributed by atoms with Crippen LogP contribution in [0.15, 0.2) is 30.3 Å². The lowest BCUT2D eigenvalue weighted by molar-refractivity contribution is 0.0994. The Morgan fingerprint density at radius 1 is 1.32 bits per heavy atom. The number of nitrogens with one attached hydrogen (secondary N) is 1. The van der Waals surface area contributed by atoms with Gasteiger partial charge in [0.1, 0.15) is 11.6 Å². The van der Waals surface area contributed by atoms with Gasteiger partial charge >= 0.3 is 0 Å². The quantitative estimate of drug-likeness (QED) is 0.907. The summed E-state index contributed by atoms with van der Waals surface area (Å²) in [6.45, 7) is 0.651. The van der Waals surface area contributed by atoms with Gasteiger partial charge in [0.05, 0.1) is 12.6 Å². The highest BCUT2D eigenvalue weighted by molar-refractivity contribution is 6.30. The van der Waals surface area contributed by atoms with Crippen molar-refractivity contribution in [2.45, 2.75) is 18.9 Å². The molecule has 0 saturated heterocycles. The minimum Gasteiger partial charge on any atom is -0.493 e. The Labute approximate surface area is 132 Å². The third-order valence-electron chi connectivity index (χ3n) is 3.48. The number of nitrogens with zero attached hydrogens (tertiary/aromatic N) is 2. The van der Waals surface area contributed by atoms with Crippen LogP contribution >= 0.6 is 11.6 Å². The molecule has 3 rings (SSSR count). The second-order valence-corrected chi connectivity index (χ2v) is 5.47. The van der Waals surface area contributed by atoms with E-state index < -0.39 is 5.91 Å². The van der Waals surface area contributed by atoms with E-state index >= 15 is 0 Å². The molecule has 1 aliphatic heterocycles. The van der Waals surface area contributed by atoms with Crippen molar-refractivity contribution in [1.29, 1.82) is 0 Å². The molecule has 6 nitrogen and oxygen atoms in total. The molecule has 0 spiro atoms. The van der Waals surface area contributed by atoms with Crippen LogP contribution in [0.1, 0.15) is 34.9 Å². The Balaban J connectivity index is 1.84. The third-order valence-corrected chi connectivity index (χ3v) is 3.72. The Morgan fingerprint density at radius 3 is 2.91 bits per heavy atom.